The summed E-state index contributed by atoms with van der Waals surface area (Å²) < 4.78 is 0. The highest BCUT2D eigenvalue weighted by Gasteiger charge is 1.99. The Morgan fingerprint density at radius 1 is 1.29 bits per heavy atom. The number of nitrogens with zero attached hydrogens (tertiary/aromatic N) is 1. The van der Waals surface area contributed by atoms with Gasteiger partial charge in [0.25, 0.3) is 0 Å². The second kappa shape index (κ2) is 3.80. The van der Waals surface area contributed by atoms with Crippen LogP contribution in [0, 0.1) is 6.92 Å². The molecule has 0 radical (unpaired) electrons. The number of nitrogens with two attached hydrogens (primary N) is 1. The van der Waals surface area contributed by atoms with Crippen molar-refractivity contribution in [1.82, 2.24) is 4.98 Å². The number of nitrogen functional groups attached to an aromatic ring is 1. The van der Waals surface area contributed by atoms with Crippen molar-refractivity contribution in [3.05, 3.63) is 45.9 Å². The van der Waals surface area contributed by atoms with Crippen molar-refractivity contribution in [1.29, 1.82) is 0 Å². The third-order valence-corrected chi connectivity index (χ3v) is 2.92. The maximum Gasteiger partial charge on any atom is 0.0503 e. The zero-order valence-corrected chi connectivity index (χ0v) is 8.84. The predicted molar refractivity (Wildman–Crippen MR) is 60.5 cm³/mol. The van der Waals surface area contributed by atoms with Crippen LogP contribution in [0.1, 0.15) is 16.0 Å². The van der Waals surface area contributed by atoms with Crippen molar-refractivity contribution in [3.63, 3.8) is 0 Å². The fourth-order valence-corrected chi connectivity index (χ4v) is 2.14. The molecule has 2 aromatic rings. The molecule has 72 valence electrons. The predicted octanol–water partition coefficient (Wildman–Crippen LogP) is 2.62. The molecule has 3 heteroatoms. The van der Waals surface area contributed by atoms with Crippen LogP contribution in [0.5, 0.6) is 0 Å². The molecule has 0 spiro atoms. The van der Waals surface area contributed by atoms with E-state index in [0.717, 1.165) is 12.1 Å². The molecule has 0 atom stereocenters. The van der Waals surface area contributed by atoms with Gasteiger partial charge in [-0.2, -0.15) is 0 Å². The lowest BCUT2D eigenvalue weighted by Crippen LogP contribution is -1.91. The van der Waals surface area contributed by atoms with Crippen LogP contribution < -0.4 is 5.73 Å². The third kappa shape index (κ3) is 2.12. The highest BCUT2D eigenvalue weighted by atomic mass is 32.1. The summed E-state index contributed by atoms with van der Waals surface area (Å²) in [5.74, 6) is 0. The van der Waals surface area contributed by atoms with E-state index in [-0.39, 0.29) is 0 Å². The van der Waals surface area contributed by atoms with Crippen LogP contribution in [-0.2, 0) is 6.42 Å². The van der Waals surface area contributed by atoms with Crippen molar-refractivity contribution < 1.29 is 0 Å². The Morgan fingerprint density at radius 2 is 2.14 bits per heavy atom. The fraction of sp³-hybridized carbons (Fsp3) is 0.182. The number of aryl methyl sites for hydroxylation is 1. The van der Waals surface area contributed by atoms with Gasteiger partial charge < -0.3 is 5.73 Å². The molecule has 2 N–H and O–H groups in total. The van der Waals surface area contributed by atoms with Gasteiger partial charge in [0.2, 0.25) is 0 Å². The Hall–Kier alpha value is -1.35. The van der Waals surface area contributed by atoms with E-state index in [1.165, 1.54) is 16.0 Å². The summed E-state index contributed by atoms with van der Waals surface area (Å²) in [7, 11) is 0. The molecule has 2 nitrogen and oxygen atoms in total. The first-order chi connectivity index (χ1) is 6.74. The van der Waals surface area contributed by atoms with Gasteiger partial charge in [-0.25, -0.2) is 0 Å². The van der Waals surface area contributed by atoms with E-state index in [2.05, 4.69) is 23.4 Å². The zero-order chi connectivity index (χ0) is 9.97. The number of aromatic nitrogens is 1. The summed E-state index contributed by atoms with van der Waals surface area (Å²) in [5, 5.41) is 2.18. The molecular weight excluding hydrogens is 192 g/mol. The molecule has 0 unspecified atom stereocenters. The summed E-state index contributed by atoms with van der Waals surface area (Å²) >= 11 is 1.78. The number of anilines is 1. The van der Waals surface area contributed by atoms with Crippen LogP contribution in [-0.4, -0.2) is 4.98 Å². The Labute approximate surface area is 87.4 Å². The molecule has 0 aliphatic heterocycles. The SMILES string of the molecule is Cc1cc(Cc2cncc(N)c2)cs1. The van der Waals surface area contributed by atoms with E-state index in [0.29, 0.717) is 0 Å². The molecule has 0 aromatic carbocycles. The first kappa shape index (κ1) is 9.21. The highest BCUT2D eigenvalue weighted by molar-refractivity contribution is 7.10. The van der Waals surface area contributed by atoms with Gasteiger partial charge in [-0.1, -0.05) is 0 Å². The highest BCUT2D eigenvalue weighted by Crippen LogP contribution is 2.17. The van der Waals surface area contributed by atoms with Gasteiger partial charge in [0.1, 0.15) is 0 Å². The summed E-state index contributed by atoms with van der Waals surface area (Å²) in [4.78, 5) is 5.41. The van der Waals surface area contributed by atoms with Crippen molar-refractivity contribution >= 4 is 17.0 Å². The average Bonchev–Trinajstić information content (AvgIpc) is 2.51. The quantitative estimate of drug-likeness (QED) is 0.816. The smallest absolute Gasteiger partial charge is 0.0503 e. The maximum absolute atomic E-state index is 5.66. The molecule has 0 saturated carbocycles. The van der Waals surface area contributed by atoms with E-state index < -0.39 is 0 Å². The van der Waals surface area contributed by atoms with Gasteiger partial charge in [0, 0.05) is 17.3 Å². The molecular formula is C11H12N2S. The number of rotatable bonds is 2. The van der Waals surface area contributed by atoms with Crippen LogP contribution in [0.4, 0.5) is 5.69 Å². The van der Waals surface area contributed by atoms with Gasteiger partial charge >= 0.3 is 0 Å². The van der Waals surface area contributed by atoms with Gasteiger partial charge in [-0.15, -0.1) is 11.3 Å². The Bertz CT molecular complexity index is 434. The Balaban J connectivity index is 2.18. The molecule has 0 aliphatic carbocycles. The number of hydrogen-bond acceptors (Lipinski definition) is 3. The monoisotopic (exact) mass is 204 g/mol. The molecule has 2 rings (SSSR count). The van der Waals surface area contributed by atoms with Crippen LogP contribution in [0.2, 0.25) is 0 Å². The van der Waals surface area contributed by atoms with Crippen molar-refractivity contribution in [2.45, 2.75) is 13.3 Å². The van der Waals surface area contributed by atoms with E-state index >= 15 is 0 Å². The lowest BCUT2D eigenvalue weighted by Gasteiger charge is -1.99. The molecule has 0 bridgehead atoms. The first-order valence-electron chi connectivity index (χ1n) is 4.47. The van der Waals surface area contributed by atoms with Crippen LogP contribution in [0.15, 0.2) is 29.9 Å². The van der Waals surface area contributed by atoms with Gasteiger partial charge in [0.05, 0.1) is 5.69 Å². The molecule has 0 saturated heterocycles. The van der Waals surface area contributed by atoms with Gasteiger partial charge in [-0.3, -0.25) is 4.98 Å². The van der Waals surface area contributed by atoms with E-state index in [1.54, 1.807) is 17.5 Å². The van der Waals surface area contributed by atoms with Gasteiger partial charge in [-0.05, 0) is 42.0 Å². The van der Waals surface area contributed by atoms with E-state index in [9.17, 15) is 0 Å². The van der Waals surface area contributed by atoms with Crippen LogP contribution in [0.3, 0.4) is 0 Å². The standard InChI is InChI=1S/C11H12N2S/c1-8-2-10(7-14-8)3-9-4-11(12)6-13-5-9/h2,4-7H,3,12H2,1H3. The van der Waals surface area contributed by atoms with Crippen molar-refractivity contribution in [2.24, 2.45) is 0 Å². The second-order valence-corrected chi connectivity index (χ2v) is 4.48. The third-order valence-electron chi connectivity index (χ3n) is 2.01. The minimum absolute atomic E-state index is 0.731. The molecule has 0 amide bonds. The molecule has 0 fully saturated rings. The Morgan fingerprint density at radius 3 is 2.79 bits per heavy atom. The Kier molecular flexibility index (Phi) is 2.50. The number of hydrogen-bond donors (Lipinski definition) is 1. The van der Waals surface area contributed by atoms with Gasteiger partial charge in [0.15, 0.2) is 0 Å². The molecule has 2 aromatic heterocycles. The topological polar surface area (TPSA) is 38.9 Å². The minimum Gasteiger partial charge on any atom is -0.397 e. The van der Waals surface area contributed by atoms with Crippen molar-refractivity contribution in [2.75, 3.05) is 5.73 Å². The van der Waals surface area contributed by atoms with E-state index in [4.69, 9.17) is 5.73 Å². The normalized spacial score (nSPS) is 10.4. The van der Waals surface area contributed by atoms with Crippen molar-refractivity contribution in [3.8, 4) is 0 Å². The molecule has 14 heavy (non-hydrogen) atoms. The number of pyridine rings is 1. The lowest BCUT2D eigenvalue weighted by atomic mass is 10.1. The lowest BCUT2D eigenvalue weighted by molar-refractivity contribution is 1.16. The average molecular weight is 204 g/mol. The first-order valence-corrected chi connectivity index (χ1v) is 5.35. The zero-order valence-electron chi connectivity index (χ0n) is 8.03. The maximum atomic E-state index is 5.66. The summed E-state index contributed by atoms with van der Waals surface area (Å²) in [6, 6.07) is 4.17. The number of thiophene rings is 1. The van der Waals surface area contributed by atoms with E-state index in [1.807, 2.05) is 12.3 Å². The summed E-state index contributed by atoms with van der Waals surface area (Å²) in [5.41, 5.74) is 8.89. The fourth-order valence-electron chi connectivity index (χ4n) is 1.43. The largest absolute Gasteiger partial charge is 0.397 e. The second-order valence-electron chi connectivity index (χ2n) is 3.37. The summed E-state index contributed by atoms with van der Waals surface area (Å²) in [6.07, 6.45) is 4.45. The van der Waals surface area contributed by atoms with Crippen LogP contribution >= 0.6 is 11.3 Å². The molecule has 2 heterocycles. The minimum atomic E-state index is 0.731. The summed E-state index contributed by atoms with van der Waals surface area (Å²) in [6.45, 7) is 2.12. The molecule has 0 aliphatic rings. The van der Waals surface area contributed by atoms with Crippen LogP contribution in [0.25, 0.3) is 0 Å².